The standard InChI is InChI=1S/C20H24F5N5O3S/c1-34(31,32)17-10-14(21)16(9-15(17)22)26-12-3-2-6-30(11-12)13-4-7-29(8-5-13)19-27-18(33-28-19)20(23,24)25/h9-10,12-13,26H,2-8,11H2,1H3/t12-/m1/s1. The zero-order valence-corrected chi connectivity index (χ0v) is 19.1. The first-order valence-corrected chi connectivity index (χ1v) is 12.7. The molecule has 0 spiro atoms. The SMILES string of the molecule is CS(=O)(=O)c1cc(F)c(N[C@@H]2CCCN(C3CCN(c4noc(C(F)(F)F)n4)CC3)C2)cc1F. The molecule has 0 unspecified atom stereocenters. The number of nitrogens with zero attached hydrogens (tertiary/aromatic N) is 4. The van der Waals surface area contributed by atoms with Crippen LogP contribution in [-0.4, -0.2) is 68.0 Å². The largest absolute Gasteiger partial charge is 0.471 e. The van der Waals surface area contributed by atoms with E-state index in [0.29, 0.717) is 38.5 Å². The summed E-state index contributed by atoms with van der Waals surface area (Å²) in [5.74, 6) is -3.31. The lowest BCUT2D eigenvalue weighted by atomic mass is 9.98. The monoisotopic (exact) mass is 509 g/mol. The van der Waals surface area contributed by atoms with Gasteiger partial charge in [0.25, 0.3) is 5.95 Å². The van der Waals surface area contributed by atoms with Crippen molar-refractivity contribution in [3.05, 3.63) is 29.7 Å². The van der Waals surface area contributed by atoms with Crippen LogP contribution in [0.2, 0.25) is 0 Å². The highest BCUT2D eigenvalue weighted by molar-refractivity contribution is 7.90. The maximum absolute atomic E-state index is 14.4. The Balaban J connectivity index is 1.35. The van der Waals surface area contributed by atoms with Crippen LogP contribution in [0.5, 0.6) is 0 Å². The molecule has 1 aromatic heterocycles. The highest BCUT2D eigenvalue weighted by Crippen LogP contribution is 2.31. The number of piperidine rings is 2. The Morgan fingerprint density at radius 2 is 1.79 bits per heavy atom. The van der Waals surface area contributed by atoms with Crippen LogP contribution in [0, 0.1) is 11.6 Å². The number of halogens is 5. The summed E-state index contributed by atoms with van der Waals surface area (Å²) in [7, 11) is -3.89. The zero-order chi connectivity index (χ0) is 24.7. The van der Waals surface area contributed by atoms with Gasteiger partial charge in [-0.15, -0.1) is 0 Å². The van der Waals surface area contributed by atoms with Crippen LogP contribution in [0.25, 0.3) is 0 Å². The first-order chi connectivity index (χ1) is 15.9. The molecule has 2 aliphatic heterocycles. The average Bonchev–Trinajstić information content (AvgIpc) is 3.27. The van der Waals surface area contributed by atoms with Crippen molar-refractivity contribution in [3.63, 3.8) is 0 Å². The van der Waals surface area contributed by atoms with Gasteiger partial charge in [0.05, 0.1) is 5.69 Å². The molecule has 188 valence electrons. The lowest BCUT2D eigenvalue weighted by molar-refractivity contribution is -0.159. The second-order valence-electron chi connectivity index (χ2n) is 8.63. The van der Waals surface area contributed by atoms with Crippen molar-refractivity contribution in [2.45, 2.75) is 48.8 Å². The maximum Gasteiger partial charge on any atom is 0.471 e. The minimum absolute atomic E-state index is 0.0843. The van der Waals surface area contributed by atoms with E-state index < -0.39 is 38.4 Å². The molecular weight excluding hydrogens is 485 g/mol. The molecule has 0 aliphatic carbocycles. The van der Waals surface area contributed by atoms with Gasteiger partial charge in [-0.25, -0.2) is 17.2 Å². The van der Waals surface area contributed by atoms with Crippen LogP contribution >= 0.6 is 0 Å². The van der Waals surface area contributed by atoms with E-state index in [2.05, 4.69) is 24.9 Å². The second kappa shape index (κ2) is 9.29. The van der Waals surface area contributed by atoms with Gasteiger partial charge in [0.15, 0.2) is 9.84 Å². The van der Waals surface area contributed by atoms with E-state index in [4.69, 9.17) is 0 Å². The van der Waals surface area contributed by atoms with Crippen LogP contribution in [-0.2, 0) is 16.0 Å². The van der Waals surface area contributed by atoms with Gasteiger partial charge < -0.3 is 14.7 Å². The highest BCUT2D eigenvalue weighted by atomic mass is 32.2. The van der Waals surface area contributed by atoms with Crippen molar-refractivity contribution in [2.75, 3.05) is 42.7 Å². The molecule has 0 saturated carbocycles. The van der Waals surface area contributed by atoms with Gasteiger partial charge in [0, 0.05) is 44.0 Å². The number of hydrogen-bond donors (Lipinski definition) is 1. The van der Waals surface area contributed by atoms with Gasteiger partial charge in [-0.1, -0.05) is 0 Å². The first kappa shape index (κ1) is 24.6. The van der Waals surface area contributed by atoms with Crippen LogP contribution in [0.1, 0.15) is 31.6 Å². The normalized spacial score (nSPS) is 21.1. The Kier molecular flexibility index (Phi) is 6.73. The number of likely N-dealkylation sites (tertiary alicyclic amines) is 1. The van der Waals surface area contributed by atoms with Crippen LogP contribution in [0.3, 0.4) is 0 Å². The number of aromatic nitrogens is 2. The molecule has 0 bridgehead atoms. The van der Waals surface area contributed by atoms with Crippen molar-refractivity contribution in [2.24, 2.45) is 0 Å². The van der Waals surface area contributed by atoms with Crippen molar-refractivity contribution in [3.8, 4) is 0 Å². The van der Waals surface area contributed by atoms with Gasteiger partial charge in [-0.05, 0) is 43.5 Å². The van der Waals surface area contributed by atoms with E-state index in [1.165, 1.54) is 0 Å². The molecule has 2 aromatic rings. The Hall–Kier alpha value is -2.48. The molecule has 14 heteroatoms. The molecule has 1 atom stereocenters. The first-order valence-electron chi connectivity index (χ1n) is 10.8. The lowest BCUT2D eigenvalue weighted by Gasteiger charge is -2.42. The number of sulfone groups is 1. The summed E-state index contributed by atoms with van der Waals surface area (Å²) >= 11 is 0. The Morgan fingerprint density at radius 1 is 1.09 bits per heavy atom. The Labute approximate surface area is 193 Å². The molecule has 2 fully saturated rings. The van der Waals surface area contributed by atoms with E-state index in [-0.39, 0.29) is 23.7 Å². The molecule has 3 heterocycles. The molecule has 1 N–H and O–H groups in total. The van der Waals surface area contributed by atoms with Crippen LogP contribution in [0.4, 0.5) is 33.6 Å². The Morgan fingerprint density at radius 3 is 2.41 bits per heavy atom. The summed E-state index contributed by atoms with van der Waals surface area (Å²) in [6.45, 7) is 2.30. The van der Waals surface area contributed by atoms with Crippen LogP contribution in [0.15, 0.2) is 21.6 Å². The third-order valence-electron chi connectivity index (χ3n) is 6.16. The quantitative estimate of drug-likeness (QED) is 0.614. The third kappa shape index (κ3) is 5.43. The number of nitrogens with one attached hydrogen (secondary N) is 1. The van der Waals surface area contributed by atoms with Crippen molar-refractivity contribution in [1.82, 2.24) is 15.0 Å². The fourth-order valence-electron chi connectivity index (χ4n) is 4.49. The minimum Gasteiger partial charge on any atom is -0.379 e. The molecule has 34 heavy (non-hydrogen) atoms. The van der Waals surface area contributed by atoms with E-state index in [9.17, 15) is 30.4 Å². The van der Waals surface area contributed by atoms with Crippen molar-refractivity contribution in [1.29, 1.82) is 0 Å². The fourth-order valence-corrected chi connectivity index (χ4v) is 5.22. The summed E-state index contributed by atoms with van der Waals surface area (Å²) in [6.07, 6.45) is -0.969. The highest BCUT2D eigenvalue weighted by Gasteiger charge is 2.39. The predicted octanol–water partition coefficient (Wildman–Crippen LogP) is 3.32. The summed E-state index contributed by atoms with van der Waals surface area (Å²) in [4.78, 5) is 6.63. The van der Waals surface area contributed by atoms with Gasteiger partial charge in [0.2, 0.25) is 0 Å². The summed E-state index contributed by atoms with van der Waals surface area (Å²) in [6, 6.07) is 1.55. The Bertz CT molecular complexity index is 1130. The summed E-state index contributed by atoms with van der Waals surface area (Å²) < 4.78 is 94.2. The molecule has 1 aromatic carbocycles. The van der Waals surface area contributed by atoms with Gasteiger partial charge >= 0.3 is 12.1 Å². The van der Waals surface area contributed by atoms with Crippen LogP contribution < -0.4 is 10.2 Å². The van der Waals surface area contributed by atoms with E-state index in [1.54, 1.807) is 4.90 Å². The van der Waals surface area contributed by atoms with Crippen molar-refractivity contribution < 1.29 is 34.9 Å². The number of rotatable bonds is 5. The molecule has 2 saturated heterocycles. The number of anilines is 2. The maximum atomic E-state index is 14.4. The predicted molar refractivity (Wildman–Crippen MR) is 112 cm³/mol. The summed E-state index contributed by atoms with van der Waals surface area (Å²) in [5.41, 5.74) is -0.0934. The van der Waals surface area contributed by atoms with E-state index in [1.807, 2.05) is 0 Å². The number of benzene rings is 1. The molecule has 8 nitrogen and oxygen atoms in total. The zero-order valence-electron chi connectivity index (χ0n) is 18.3. The fraction of sp³-hybridized carbons (Fsp3) is 0.600. The van der Waals surface area contributed by atoms with Gasteiger partial charge in [-0.2, -0.15) is 18.2 Å². The molecule has 2 aliphatic rings. The van der Waals surface area contributed by atoms with Gasteiger partial charge in [-0.3, -0.25) is 4.90 Å². The van der Waals surface area contributed by atoms with E-state index >= 15 is 0 Å². The van der Waals surface area contributed by atoms with E-state index in [0.717, 1.165) is 31.7 Å². The average molecular weight is 510 g/mol. The topological polar surface area (TPSA) is 91.6 Å². The molecule has 0 radical (unpaired) electrons. The lowest BCUT2D eigenvalue weighted by Crippen LogP contribution is -2.51. The number of hydrogen-bond acceptors (Lipinski definition) is 8. The molecule has 0 amide bonds. The second-order valence-corrected chi connectivity index (χ2v) is 10.6. The van der Waals surface area contributed by atoms with Crippen molar-refractivity contribution >= 4 is 21.5 Å². The number of alkyl halides is 3. The van der Waals surface area contributed by atoms with Gasteiger partial charge in [0.1, 0.15) is 16.5 Å². The smallest absolute Gasteiger partial charge is 0.379 e. The third-order valence-corrected chi connectivity index (χ3v) is 7.27. The summed E-state index contributed by atoms with van der Waals surface area (Å²) in [5, 5.41) is 6.42. The molecule has 4 rings (SSSR count). The molecular formula is C20H24F5N5O3S. The minimum atomic E-state index is -4.69.